The van der Waals surface area contributed by atoms with Crippen molar-refractivity contribution in [3.05, 3.63) is 53.6 Å². The predicted molar refractivity (Wildman–Crippen MR) is 85.4 cm³/mol. The van der Waals surface area contributed by atoms with Gasteiger partial charge < -0.3 is 15.1 Å². The number of carboxylic acid groups (broad SMARTS) is 1. The number of aliphatic carboxylic acids is 1. The third-order valence-corrected chi connectivity index (χ3v) is 3.26. The summed E-state index contributed by atoms with van der Waals surface area (Å²) in [6.45, 7) is 3.72. The smallest absolute Gasteiger partial charge is 0.328 e. The number of aliphatic hydroxyl groups is 1. The van der Waals surface area contributed by atoms with Crippen LogP contribution in [0.25, 0.3) is 0 Å². The number of rotatable bonds is 6. The lowest BCUT2D eigenvalue weighted by molar-refractivity contribution is -0.131. The van der Waals surface area contributed by atoms with Gasteiger partial charge in [0.15, 0.2) is 0 Å². The van der Waals surface area contributed by atoms with E-state index in [1.54, 1.807) is 0 Å². The van der Waals surface area contributed by atoms with Crippen LogP contribution in [0.1, 0.15) is 25.5 Å². The van der Waals surface area contributed by atoms with Gasteiger partial charge >= 0.3 is 5.97 Å². The average molecular weight is 289 g/mol. The van der Waals surface area contributed by atoms with Gasteiger partial charge in [-0.1, -0.05) is 36.8 Å². The highest BCUT2D eigenvalue weighted by Crippen LogP contribution is 2.25. The van der Waals surface area contributed by atoms with E-state index < -0.39 is 12.1 Å². The number of hydrogen-bond acceptors (Lipinski definition) is 3. The standard InChI is InChI=1S/C17H23NO3/c1-12(5-10-16(19)20)11-13(2)17(21)14-6-8-15(9-7-14)18(3)4/h5-11,13,17,21H,1-4H3,(H,19,20)/t13-,17?/m1/s1. The van der Waals surface area contributed by atoms with Gasteiger partial charge in [-0.2, -0.15) is 0 Å². The first-order chi connectivity index (χ1) is 9.81. The Balaban J connectivity index is 2.80. The van der Waals surface area contributed by atoms with Gasteiger partial charge in [-0.3, -0.25) is 0 Å². The number of carboxylic acids is 1. The summed E-state index contributed by atoms with van der Waals surface area (Å²) in [6, 6.07) is 7.75. The summed E-state index contributed by atoms with van der Waals surface area (Å²) >= 11 is 0. The molecule has 1 rings (SSSR count). The fraction of sp³-hybridized carbons (Fsp3) is 0.353. The monoisotopic (exact) mass is 289 g/mol. The van der Waals surface area contributed by atoms with E-state index in [0.717, 1.165) is 22.9 Å². The van der Waals surface area contributed by atoms with Crippen molar-refractivity contribution in [3.8, 4) is 0 Å². The van der Waals surface area contributed by atoms with Crippen molar-refractivity contribution in [1.29, 1.82) is 0 Å². The lowest BCUT2D eigenvalue weighted by Gasteiger charge is -2.18. The second kappa shape index (κ2) is 7.64. The van der Waals surface area contributed by atoms with Crippen molar-refractivity contribution >= 4 is 11.7 Å². The highest BCUT2D eigenvalue weighted by molar-refractivity contribution is 5.80. The zero-order chi connectivity index (χ0) is 16.0. The number of hydrogen-bond donors (Lipinski definition) is 2. The first kappa shape index (κ1) is 17.0. The number of anilines is 1. The fourth-order valence-electron chi connectivity index (χ4n) is 2.04. The molecule has 2 atom stereocenters. The van der Waals surface area contributed by atoms with Crippen LogP contribution in [-0.2, 0) is 4.79 Å². The Bertz CT molecular complexity index is 529. The van der Waals surface area contributed by atoms with Crippen molar-refractivity contribution in [2.45, 2.75) is 20.0 Å². The molecule has 2 N–H and O–H groups in total. The minimum absolute atomic E-state index is 0.103. The van der Waals surface area contributed by atoms with Crippen molar-refractivity contribution in [2.75, 3.05) is 19.0 Å². The normalized spacial score (nSPS) is 15.0. The zero-order valence-corrected chi connectivity index (χ0v) is 12.9. The Morgan fingerprint density at radius 1 is 1.19 bits per heavy atom. The van der Waals surface area contributed by atoms with Gasteiger partial charge in [0.2, 0.25) is 0 Å². The lowest BCUT2D eigenvalue weighted by atomic mass is 9.95. The quantitative estimate of drug-likeness (QED) is 0.624. The van der Waals surface area contributed by atoms with Crippen molar-refractivity contribution in [1.82, 2.24) is 0 Å². The second-order valence-electron chi connectivity index (χ2n) is 5.37. The molecule has 0 aliphatic heterocycles. The van der Waals surface area contributed by atoms with Crippen LogP contribution >= 0.6 is 0 Å². The van der Waals surface area contributed by atoms with E-state index in [1.807, 2.05) is 63.2 Å². The molecule has 0 aliphatic rings. The average Bonchev–Trinajstić information content (AvgIpc) is 2.44. The van der Waals surface area contributed by atoms with Crippen molar-refractivity contribution in [3.63, 3.8) is 0 Å². The summed E-state index contributed by atoms with van der Waals surface area (Å²) in [5.74, 6) is -1.08. The molecule has 0 fully saturated rings. The first-order valence-corrected chi connectivity index (χ1v) is 6.86. The Morgan fingerprint density at radius 2 is 1.76 bits per heavy atom. The van der Waals surface area contributed by atoms with Crippen LogP contribution in [0, 0.1) is 5.92 Å². The van der Waals surface area contributed by atoms with Gasteiger partial charge in [0.1, 0.15) is 0 Å². The first-order valence-electron chi connectivity index (χ1n) is 6.86. The second-order valence-corrected chi connectivity index (χ2v) is 5.37. The maximum atomic E-state index is 10.5. The third kappa shape index (κ3) is 5.44. The molecule has 0 bridgehead atoms. The Hall–Kier alpha value is -2.07. The van der Waals surface area contributed by atoms with E-state index in [2.05, 4.69) is 0 Å². The summed E-state index contributed by atoms with van der Waals surface area (Å²) in [6.07, 6.45) is 3.87. The Labute approximate surface area is 126 Å². The highest BCUT2D eigenvalue weighted by Gasteiger charge is 2.14. The largest absolute Gasteiger partial charge is 0.478 e. The highest BCUT2D eigenvalue weighted by atomic mass is 16.4. The van der Waals surface area contributed by atoms with Crippen LogP contribution in [0.15, 0.2) is 48.1 Å². The minimum atomic E-state index is -0.977. The van der Waals surface area contributed by atoms with Crippen LogP contribution in [0.4, 0.5) is 5.69 Å². The fourth-order valence-corrected chi connectivity index (χ4v) is 2.04. The molecule has 1 aromatic carbocycles. The number of allylic oxidation sites excluding steroid dienone is 2. The lowest BCUT2D eigenvalue weighted by Crippen LogP contribution is -2.10. The SMILES string of the molecule is CC(C=CC(=O)O)=C[C@@H](C)C(O)c1ccc(N(C)C)cc1. The molecule has 0 spiro atoms. The van der Waals surface area contributed by atoms with Crippen LogP contribution in [0.5, 0.6) is 0 Å². The van der Waals surface area contributed by atoms with Crippen LogP contribution in [-0.4, -0.2) is 30.3 Å². The van der Waals surface area contributed by atoms with Crippen molar-refractivity contribution in [2.24, 2.45) is 5.92 Å². The molecule has 0 aromatic heterocycles. The summed E-state index contributed by atoms with van der Waals surface area (Å²) in [5, 5.41) is 18.9. The molecule has 114 valence electrons. The van der Waals surface area contributed by atoms with Gasteiger partial charge in [0, 0.05) is 31.8 Å². The molecule has 0 saturated carbocycles. The maximum absolute atomic E-state index is 10.5. The van der Waals surface area contributed by atoms with Crippen LogP contribution in [0.2, 0.25) is 0 Å². The van der Waals surface area contributed by atoms with E-state index in [9.17, 15) is 9.90 Å². The topological polar surface area (TPSA) is 60.8 Å². The molecule has 0 saturated heterocycles. The van der Waals surface area contributed by atoms with Gasteiger partial charge in [-0.25, -0.2) is 4.79 Å². The summed E-state index contributed by atoms with van der Waals surface area (Å²) < 4.78 is 0. The zero-order valence-electron chi connectivity index (χ0n) is 12.9. The van der Waals surface area contributed by atoms with Gasteiger partial charge in [0.25, 0.3) is 0 Å². The van der Waals surface area contributed by atoms with Gasteiger partial charge in [-0.05, 0) is 24.6 Å². The molecule has 0 amide bonds. The Morgan fingerprint density at radius 3 is 2.24 bits per heavy atom. The number of nitrogens with zero attached hydrogens (tertiary/aromatic N) is 1. The van der Waals surface area contributed by atoms with Crippen LogP contribution in [0.3, 0.4) is 0 Å². The molecule has 0 radical (unpaired) electrons. The van der Waals surface area contributed by atoms with Gasteiger partial charge in [-0.15, -0.1) is 0 Å². The molecule has 1 unspecified atom stereocenters. The molecule has 0 heterocycles. The minimum Gasteiger partial charge on any atom is -0.478 e. The van der Waals surface area contributed by atoms with E-state index in [0.29, 0.717) is 0 Å². The molecule has 1 aromatic rings. The summed E-state index contributed by atoms with van der Waals surface area (Å²) in [5.41, 5.74) is 2.74. The van der Waals surface area contributed by atoms with E-state index in [4.69, 9.17) is 5.11 Å². The molecule has 0 aliphatic carbocycles. The maximum Gasteiger partial charge on any atom is 0.328 e. The van der Waals surface area contributed by atoms with Gasteiger partial charge in [0.05, 0.1) is 6.10 Å². The van der Waals surface area contributed by atoms with E-state index >= 15 is 0 Å². The molecule has 4 heteroatoms. The molecular formula is C17H23NO3. The number of aliphatic hydroxyl groups excluding tert-OH is 1. The predicted octanol–water partition coefficient (Wildman–Crippen LogP) is 3.01. The number of benzene rings is 1. The summed E-state index contributed by atoms with van der Waals surface area (Å²) in [4.78, 5) is 12.5. The molecular weight excluding hydrogens is 266 g/mol. The molecule has 21 heavy (non-hydrogen) atoms. The number of carbonyl (C=O) groups is 1. The third-order valence-electron chi connectivity index (χ3n) is 3.26. The van der Waals surface area contributed by atoms with E-state index in [-0.39, 0.29) is 5.92 Å². The van der Waals surface area contributed by atoms with Crippen molar-refractivity contribution < 1.29 is 15.0 Å². The molecule has 4 nitrogen and oxygen atoms in total. The Kier molecular flexibility index (Phi) is 6.18. The van der Waals surface area contributed by atoms with E-state index in [1.165, 1.54) is 6.08 Å². The van der Waals surface area contributed by atoms with Crippen LogP contribution < -0.4 is 4.90 Å². The summed E-state index contributed by atoms with van der Waals surface area (Å²) in [7, 11) is 3.93.